The highest BCUT2D eigenvalue weighted by Crippen LogP contribution is 2.31. The van der Waals surface area contributed by atoms with Gasteiger partial charge in [0.15, 0.2) is 0 Å². The molecule has 1 unspecified atom stereocenters. The van der Waals surface area contributed by atoms with E-state index < -0.39 is 0 Å². The standard InChI is InChI=1S/C16H26ClNO/c1-5-18-15(8-6-7-12(2)3)14-11-13(17)9-10-16(14)19-4/h9-12,15,18H,5-8H2,1-4H3. The fourth-order valence-corrected chi connectivity index (χ4v) is 2.50. The normalized spacial score (nSPS) is 12.7. The summed E-state index contributed by atoms with van der Waals surface area (Å²) in [6.45, 7) is 7.61. The van der Waals surface area contributed by atoms with Crippen molar-refractivity contribution in [2.24, 2.45) is 5.92 Å². The van der Waals surface area contributed by atoms with E-state index in [9.17, 15) is 0 Å². The molecule has 1 aromatic carbocycles. The molecule has 3 heteroatoms. The van der Waals surface area contributed by atoms with Gasteiger partial charge < -0.3 is 10.1 Å². The summed E-state index contributed by atoms with van der Waals surface area (Å²) in [5.74, 6) is 1.67. The van der Waals surface area contributed by atoms with Crippen molar-refractivity contribution in [3.63, 3.8) is 0 Å². The maximum atomic E-state index is 6.12. The molecule has 1 atom stereocenters. The van der Waals surface area contributed by atoms with Crippen LogP contribution in [0.15, 0.2) is 18.2 Å². The summed E-state index contributed by atoms with van der Waals surface area (Å²) in [6, 6.07) is 6.16. The van der Waals surface area contributed by atoms with Gasteiger partial charge in [0, 0.05) is 16.6 Å². The second-order valence-corrected chi connectivity index (χ2v) is 5.76. The van der Waals surface area contributed by atoms with Crippen molar-refractivity contribution in [2.75, 3.05) is 13.7 Å². The summed E-state index contributed by atoms with van der Waals surface area (Å²) >= 11 is 6.12. The van der Waals surface area contributed by atoms with E-state index in [1.165, 1.54) is 18.4 Å². The van der Waals surface area contributed by atoms with Gasteiger partial charge in [0.1, 0.15) is 5.75 Å². The molecule has 108 valence electrons. The Labute approximate surface area is 122 Å². The van der Waals surface area contributed by atoms with Gasteiger partial charge in [-0.25, -0.2) is 0 Å². The first-order valence-corrected chi connectivity index (χ1v) is 7.53. The molecule has 1 N–H and O–H groups in total. The van der Waals surface area contributed by atoms with Crippen LogP contribution in [0.2, 0.25) is 5.02 Å². The molecule has 0 aliphatic heterocycles. The van der Waals surface area contributed by atoms with Crippen LogP contribution in [0.5, 0.6) is 5.75 Å². The van der Waals surface area contributed by atoms with Crippen LogP contribution >= 0.6 is 11.6 Å². The van der Waals surface area contributed by atoms with Crippen molar-refractivity contribution in [1.82, 2.24) is 5.32 Å². The summed E-state index contributed by atoms with van der Waals surface area (Å²) < 4.78 is 5.46. The maximum Gasteiger partial charge on any atom is 0.123 e. The summed E-state index contributed by atoms with van der Waals surface area (Å²) in [5.41, 5.74) is 1.17. The lowest BCUT2D eigenvalue weighted by Gasteiger charge is -2.21. The highest BCUT2D eigenvalue weighted by molar-refractivity contribution is 6.30. The van der Waals surface area contributed by atoms with E-state index >= 15 is 0 Å². The van der Waals surface area contributed by atoms with E-state index in [0.29, 0.717) is 6.04 Å². The molecule has 0 radical (unpaired) electrons. The highest BCUT2D eigenvalue weighted by atomic mass is 35.5. The molecule has 0 spiro atoms. The summed E-state index contributed by atoms with van der Waals surface area (Å²) in [4.78, 5) is 0. The van der Waals surface area contributed by atoms with Crippen LogP contribution in [0, 0.1) is 5.92 Å². The van der Waals surface area contributed by atoms with E-state index in [1.54, 1.807) is 7.11 Å². The highest BCUT2D eigenvalue weighted by Gasteiger charge is 2.15. The largest absolute Gasteiger partial charge is 0.496 e. The molecule has 1 aromatic rings. The molecule has 0 aliphatic carbocycles. The fraction of sp³-hybridized carbons (Fsp3) is 0.625. The Morgan fingerprint density at radius 3 is 2.58 bits per heavy atom. The number of rotatable bonds is 8. The predicted molar refractivity (Wildman–Crippen MR) is 83.1 cm³/mol. The molecule has 0 aromatic heterocycles. The summed E-state index contributed by atoms with van der Waals surface area (Å²) in [5, 5.41) is 4.30. The van der Waals surface area contributed by atoms with Crippen LogP contribution < -0.4 is 10.1 Å². The van der Waals surface area contributed by atoms with Crippen molar-refractivity contribution >= 4 is 11.6 Å². The SMILES string of the molecule is CCNC(CCCC(C)C)c1cc(Cl)ccc1OC. The molecule has 0 aliphatic rings. The number of hydrogen-bond acceptors (Lipinski definition) is 2. The Morgan fingerprint density at radius 2 is 2.00 bits per heavy atom. The number of hydrogen-bond donors (Lipinski definition) is 1. The lowest BCUT2D eigenvalue weighted by atomic mass is 9.97. The second kappa shape index (κ2) is 8.44. The van der Waals surface area contributed by atoms with Gasteiger partial charge in [-0.1, -0.05) is 45.2 Å². The number of methoxy groups -OCH3 is 1. The Morgan fingerprint density at radius 1 is 1.26 bits per heavy atom. The number of benzene rings is 1. The van der Waals surface area contributed by atoms with E-state index in [0.717, 1.165) is 29.7 Å². The van der Waals surface area contributed by atoms with Gasteiger partial charge in [-0.15, -0.1) is 0 Å². The predicted octanol–water partition coefficient (Wildman–Crippen LogP) is 4.83. The van der Waals surface area contributed by atoms with Gasteiger partial charge in [-0.3, -0.25) is 0 Å². The molecule has 0 fully saturated rings. The minimum Gasteiger partial charge on any atom is -0.496 e. The van der Waals surface area contributed by atoms with Crippen molar-refractivity contribution < 1.29 is 4.74 Å². The van der Waals surface area contributed by atoms with Gasteiger partial charge in [0.25, 0.3) is 0 Å². The van der Waals surface area contributed by atoms with Crippen LogP contribution in [0.1, 0.15) is 51.6 Å². The number of halogens is 1. The summed E-state index contributed by atoms with van der Waals surface area (Å²) in [6.07, 6.45) is 3.58. The fourth-order valence-electron chi connectivity index (χ4n) is 2.32. The first-order valence-electron chi connectivity index (χ1n) is 7.15. The maximum absolute atomic E-state index is 6.12. The van der Waals surface area contributed by atoms with E-state index in [-0.39, 0.29) is 0 Å². The topological polar surface area (TPSA) is 21.3 Å². The Kier molecular flexibility index (Phi) is 7.25. The van der Waals surface area contributed by atoms with Crippen LogP contribution in [0.3, 0.4) is 0 Å². The van der Waals surface area contributed by atoms with Crippen molar-refractivity contribution in [2.45, 2.75) is 46.1 Å². The molecule has 0 saturated carbocycles. The summed E-state index contributed by atoms with van der Waals surface area (Å²) in [7, 11) is 1.71. The third-order valence-electron chi connectivity index (χ3n) is 3.29. The first kappa shape index (κ1) is 16.3. The monoisotopic (exact) mass is 283 g/mol. The van der Waals surface area contributed by atoms with Gasteiger partial charge in [0.05, 0.1) is 7.11 Å². The molecule has 0 heterocycles. The van der Waals surface area contributed by atoms with Crippen LogP contribution in [0.4, 0.5) is 0 Å². The molecule has 0 amide bonds. The van der Waals surface area contributed by atoms with Crippen LogP contribution in [0.25, 0.3) is 0 Å². The number of ether oxygens (including phenoxy) is 1. The second-order valence-electron chi connectivity index (χ2n) is 5.32. The molecular formula is C16H26ClNO. The van der Waals surface area contributed by atoms with E-state index in [4.69, 9.17) is 16.3 Å². The quantitative estimate of drug-likeness (QED) is 0.738. The Balaban J connectivity index is 2.81. The Bertz CT molecular complexity index is 379. The third kappa shape index (κ3) is 5.42. The molecule has 2 nitrogen and oxygen atoms in total. The van der Waals surface area contributed by atoms with Crippen LogP contribution in [-0.4, -0.2) is 13.7 Å². The minimum absolute atomic E-state index is 0.317. The van der Waals surface area contributed by atoms with Crippen molar-refractivity contribution in [3.8, 4) is 5.75 Å². The zero-order valence-corrected chi connectivity index (χ0v) is 13.3. The molecule has 0 saturated heterocycles. The van der Waals surface area contributed by atoms with E-state index in [1.807, 2.05) is 18.2 Å². The molecular weight excluding hydrogens is 258 g/mol. The van der Waals surface area contributed by atoms with Gasteiger partial charge >= 0.3 is 0 Å². The number of nitrogens with one attached hydrogen (secondary N) is 1. The zero-order valence-electron chi connectivity index (χ0n) is 12.5. The Hall–Kier alpha value is -0.730. The molecule has 1 rings (SSSR count). The molecule has 19 heavy (non-hydrogen) atoms. The van der Waals surface area contributed by atoms with Gasteiger partial charge in [-0.2, -0.15) is 0 Å². The van der Waals surface area contributed by atoms with Gasteiger partial charge in [0.2, 0.25) is 0 Å². The van der Waals surface area contributed by atoms with Gasteiger partial charge in [-0.05, 0) is 37.1 Å². The zero-order chi connectivity index (χ0) is 14.3. The lowest BCUT2D eigenvalue weighted by molar-refractivity contribution is 0.390. The first-order chi connectivity index (χ1) is 9.08. The lowest BCUT2D eigenvalue weighted by Crippen LogP contribution is -2.21. The third-order valence-corrected chi connectivity index (χ3v) is 3.53. The van der Waals surface area contributed by atoms with Crippen molar-refractivity contribution in [3.05, 3.63) is 28.8 Å². The minimum atomic E-state index is 0.317. The average molecular weight is 284 g/mol. The smallest absolute Gasteiger partial charge is 0.123 e. The van der Waals surface area contributed by atoms with Crippen molar-refractivity contribution in [1.29, 1.82) is 0 Å². The van der Waals surface area contributed by atoms with Crippen LogP contribution in [-0.2, 0) is 0 Å². The van der Waals surface area contributed by atoms with E-state index in [2.05, 4.69) is 26.1 Å². The molecule has 0 bridgehead atoms. The average Bonchev–Trinajstić information content (AvgIpc) is 2.37.